The molecule has 0 aliphatic carbocycles. The van der Waals surface area contributed by atoms with Crippen LogP contribution >= 0.6 is 0 Å². The van der Waals surface area contributed by atoms with Crippen LogP contribution in [-0.2, 0) is 4.79 Å². The lowest BCUT2D eigenvalue weighted by Gasteiger charge is -2.14. The van der Waals surface area contributed by atoms with Gasteiger partial charge in [0.1, 0.15) is 6.04 Å². The quantitative estimate of drug-likeness (QED) is 0.347. The van der Waals surface area contributed by atoms with Gasteiger partial charge in [0, 0.05) is 16.5 Å². The highest BCUT2D eigenvalue weighted by molar-refractivity contribution is 6.07. The monoisotopic (exact) mass is 289 g/mol. The molecule has 7 nitrogen and oxygen atoms in total. The Morgan fingerprint density at radius 1 is 1.19 bits per heavy atom. The van der Waals surface area contributed by atoms with E-state index in [0.717, 1.165) is 0 Å². The highest BCUT2D eigenvalue weighted by Crippen LogP contribution is 2.33. The van der Waals surface area contributed by atoms with Crippen molar-refractivity contribution in [2.24, 2.45) is 11.5 Å². The van der Waals surface area contributed by atoms with Gasteiger partial charge in [0.15, 0.2) is 5.75 Å². The number of benzene rings is 2. The largest absolute Gasteiger partial charge is 0.424 e. The summed E-state index contributed by atoms with van der Waals surface area (Å²) in [5, 5.41) is 9.96. The minimum atomic E-state index is -1.21. The number of carbonyl (C=O) groups is 2. The lowest BCUT2D eigenvalue weighted by atomic mass is 10.0. The molecule has 0 unspecified atom stereocenters. The molecule has 2 rings (SSSR count). The minimum Gasteiger partial charge on any atom is -0.424 e. The van der Waals surface area contributed by atoms with Crippen LogP contribution in [0.2, 0.25) is 0 Å². The van der Waals surface area contributed by atoms with Gasteiger partial charge in [-0.2, -0.15) is 0 Å². The maximum Gasteiger partial charge on any atom is 0.330 e. The van der Waals surface area contributed by atoms with Gasteiger partial charge >= 0.3 is 5.97 Å². The zero-order valence-electron chi connectivity index (χ0n) is 11.1. The van der Waals surface area contributed by atoms with Gasteiger partial charge in [0.2, 0.25) is 0 Å². The van der Waals surface area contributed by atoms with Crippen molar-refractivity contribution in [2.45, 2.75) is 6.04 Å². The van der Waals surface area contributed by atoms with Gasteiger partial charge in [0.25, 0.3) is 5.91 Å². The first-order valence-corrected chi connectivity index (χ1v) is 6.15. The van der Waals surface area contributed by atoms with Crippen molar-refractivity contribution >= 4 is 28.3 Å². The van der Waals surface area contributed by atoms with Crippen molar-refractivity contribution < 1.29 is 19.4 Å². The van der Waals surface area contributed by atoms with Gasteiger partial charge < -0.3 is 27.0 Å². The summed E-state index contributed by atoms with van der Waals surface area (Å²) in [5.41, 5.74) is 17.0. The molecule has 0 aliphatic heterocycles. The van der Waals surface area contributed by atoms with Crippen LogP contribution in [0.15, 0.2) is 30.3 Å². The lowest BCUT2D eigenvalue weighted by Crippen LogP contribution is -2.37. The Hall–Kier alpha value is -2.64. The van der Waals surface area contributed by atoms with Crippen LogP contribution in [-0.4, -0.2) is 29.6 Å². The topological polar surface area (TPSA) is 142 Å². The van der Waals surface area contributed by atoms with Crippen molar-refractivity contribution in [3.8, 4) is 5.75 Å². The van der Waals surface area contributed by atoms with Crippen LogP contribution in [0.3, 0.4) is 0 Å². The number of ether oxygens (including phenoxy) is 1. The van der Waals surface area contributed by atoms with Gasteiger partial charge in [-0.25, -0.2) is 4.79 Å². The Morgan fingerprint density at radius 2 is 1.90 bits per heavy atom. The fourth-order valence-electron chi connectivity index (χ4n) is 1.91. The summed E-state index contributed by atoms with van der Waals surface area (Å²) in [6.07, 6.45) is 0. The smallest absolute Gasteiger partial charge is 0.330 e. The summed E-state index contributed by atoms with van der Waals surface area (Å²) in [5.74, 6) is -1.63. The third-order valence-corrected chi connectivity index (χ3v) is 3.01. The molecule has 0 fully saturated rings. The molecule has 7 heteroatoms. The first-order valence-electron chi connectivity index (χ1n) is 6.15. The SMILES string of the molecule is NC(=O)c1ccc2c(N)cccc2c1OC(=O)[C@@H](N)CO. The molecule has 0 radical (unpaired) electrons. The van der Waals surface area contributed by atoms with E-state index >= 15 is 0 Å². The Bertz CT molecular complexity index is 715. The molecule has 2 aromatic carbocycles. The number of nitrogen functional groups attached to an aromatic ring is 1. The highest BCUT2D eigenvalue weighted by atomic mass is 16.5. The number of carbonyl (C=O) groups excluding carboxylic acids is 2. The van der Waals surface area contributed by atoms with Gasteiger partial charge in [-0.3, -0.25) is 4.79 Å². The molecule has 0 aromatic heterocycles. The average molecular weight is 289 g/mol. The number of aliphatic hydroxyl groups is 1. The van der Waals surface area contributed by atoms with Crippen molar-refractivity contribution in [3.63, 3.8) is 0 Å². The lowest BCUT2D eigenvalue weighted by molar-refractivity contribution is -0.136. The Labute approximate surface area is 120 Å². The molecular formula is C14H15N3O4. The molecule has 0 saturated carbocycles. The number of amides is 1. The first kappa shape index (κ1) is 14.8. The van der Waals surface area contributed by atoms with Crippen molar-refractivity contribution in [1.29, 1.82) is 0 Å². The van der Waals surface area contributed by atoms with Crippen LogP contribution in [0.25, 0.3) is 10.8 Å². The Kier molecular flexibility index (Phi) is 4.06. The second-order valence-corrected chi connectivity index (χ2v) is 4.46. The molecule has 0 bridgehead atoms. The first-order chi connectivity index (χ1) is 9.95. The summed E-state index contributed by atoms with van der Waals surface area (Å²) in [4.78, 5) is 23.2. The van der Waals surface area contributed by atoms with E-state index in [9.17, 15) is 9.59 Å². The number of primary amides is 1. The van der Waals surface area contributed by atoms with E-state index in [2.05, 4.69) is 0 Å². The fourth-order valence-corrected chi connectivity index (χ4v) is 1.91. The zero-order valence-corrected chi connectivity index (χ0v) is 11.1. The van der Waals surface area contributed by atoms with Crippen LogP contribution in [0, 0.1) is 0 Å². The molecular weight excluding hydrogens is 274 g/mol. The molecule has 0 aliphatic rings. The Balaban J connectivity index is 2.62. The van der Waals surface area contributed by atoms with E-state index in [4.69, 9.17) is 27.0 Å². The van der Waals surface area contributed by atoms with Crippen molar-refractivity contribution in [1.82, 2.24) is 0 Å². The zero-order chi connectivity index (χ0) is 15.6. The summed E-state index contributed by atoms with van der Waals surface area (Å²) >= 11 is 0. The van der Waals surface area contributed by atoms with E-state index in [1.807, 2.05) is 0 Å². The van der Waals surface area contributed by atoms with Crippen molar-refractivity contribution in [3.05, 3.63) is 35.9 Å². The number of nitrogens with two attached hydrogens (primary N) is 3. The molecule has 110 valence electrons. The maximum atomic E-state index is 11.8. The highest BCUT2D eigenvalue weighted by Gasteiger charge is 2.21. The van der Waals surface area contributed by atoms with Crippen LogP contribution in [0.5, 0.6) is 5.75 Å². The van der Waals surface area contributed by atoms with E-state index in [1.165, 1.54) is 6.07 Å². The summed E-state index contributed by atoms with van der Waals surface area (Å²) in [6.45, 7) is -0.572. The number of esters is 1. The second-order valence-electron chi connectivity index (χ2n) is 4.46. The summed E-state index contributed by atoms with van der Waals surface area (Å²) in [6, 6.07) is 6.82. The van der Waals surface area contributed by atoms with E-state index in [1.54, 1.807) is 24.3 Å². The number of aliphatic hydroxyl groups excluding tert-OH is 1. The molecule has 1 atom stereocenters. The fraction of sp³-hybridized carbons (Fsp3) is 0.143. The number of hydrogen-bond acceptors (Lipinski definition) is 6. The Morgan fingerprint density at radius 3 is 2.52 bits per heavy atom. The number of rotatable bonds is 4. The van der Waals surface area contributed by atoms with E-state index in [0.29, 0.717) is 16.5 Å². The van der Waals surface area contributed by atoms with Crippen molar-refractivity contribution in [2.75, 3.05) is 12.3 Å². The second kappa shape index (κ2) is 5.78. The third-order valence-electron chi connectivity index (χ3n) is 3.01. The maximum absolute atomic E-state index is 11.8. The third kappa shape index (κ3) is 2.78. The predicted molar refractivity (Wildman–Crippen MR) is 77.6 cm³/mol. The minimum absolute atomic E-state index is 0.0128. The number of anilines is 1. The van der Waals surface area contributed by atoms with Crippen LogP contribution in [0.4, 0.5) is 5.69 Å². The van der Waals surface area contributed by atoms with E-state index < -0.39 is 24.5 Å². The van der Waals surface area contributed by atoms with Crippen LogP contribution in [0.1, 0.15) is 10.4 Å². The van der Waals surface area contributed by atoms with Gasteiger partial charge in [-0.05, 0) is 12.1 Å². The molecule has 7 N–H and O–H groups in total. The normalized spacial score (nSPS) is 12.1. The molecule has 0 saturated heterocycles. The van der Waals surface area contributed by atoms with Gasteiger partial charge in [-0.15, -0.1) is 0 Å². The van der Waals surface area contributed by atoms with Gasteiger partial charge in [-0.1, -0.05) is 18.2 Å². The number of fused-ring (bicyclic) bond motifs is 1. The van der Waals surface area contributed by atoms with Gasteiger partial charge in [0.05, 0.1) is 12.2 Å². The summed E-state index contributed by atoms with van der Waals surface area (Å²) < 4.78 is 5.15. The molecule has 2 aromatic rings. The molecule has 21 heavy (non-hydrogen) atoms. The number of hydrogen-bond donors (Lipinski definition) is 4. The standard InChI is InChI=1S/C14H15N3O4/c15-10-3-1-2-8-7(10)4-5-9(13(17)19)12(8)21-14(20)11(16)6-18/h1-5,11,18H,6,15-16H2,(H2,17,19)/t11-/m0/s1. The predicted octanol–water partition coefficient (Wildman–Crippen LogP) is -0.254. The molecule has 1 amide bonds. The average Bonchev–Trinajstić information content (AvgIpc) is 2.46. The molecule has 0 heterocycles. The summed E-state index contributed by atoms with van der Waals surface area (Å²) in [7, 11) is 0. The van der Waals surface area contributed by atoms with E-state index in [-0.39, 0.29) is 11.3 Å². The van der Waals surface area contributed by atoms with Crippen LogP contribution < -0.4 is 21.9 Å². The molecule has 0 spiro atoms.